The number of hydrogen-bond acceptors (Lipinski definition) is 3. The minimum atomic E-state index is -0.259. The zero-order valence-electron chi connectivity index (χ0n) is 16.7. The third-order valence-corrected chi connectivity index (χ3v) is 5.89. The first-order chi connectivity index (χ1) is 13.1. The fourth-order valence-corrected chi connectivity index (χ4v) is 4.20. The zero-order chi connectivity index (χ0) is 19.5. The van der Waals surface area contributed by atoms with Crippen LogP contribution in [0.4, 0.5) is 0 Å². The van der Waals surface area contributed by atoms with Gasteiger partial charge in [0.1, 0.15) is 5.78 Å². The van der Waals surface area contributed by atoms with Crippen LogP contribution in [0.3, 0.4) is 0 Å². The summed E-state index contributed by atoms with van der Waals surface area (Å²) in [6, 6.07) is 10.3. The minimum absolute atomic E-state index is 0.210. The second kappa shape index (κ2) is 12.1. The summed E-state index contributed by atoms with van der Waals surface area (Å²) in [7, 11) is 0. The maximum absolute atomic E-state index is 10.9. The van der Waals surface area contributed by atoms with Gasteiger partial charge in [-0.15, -0.1) is 0 Å². The summed E-state index contributed by atoms with van der Waals surface area (Å²) in [5, 5.41) is 20.6. The molecule has 1 aromatic rings. The smallest absolute Gasteiger partial charge is 0.129 e. The SMILES string of the molecule is CC(=O)CCC/C=C\C[C@@H]1[C@@H](CC[C@@H](O)CCc2ccccc2)CC[C@@H]1O. The molecule has 0 radical (unpaired) electrons. The molecule has 4 atom stereocenters. The number of rotatable bonds is 12. The molecule has 0 saturated heterocycles. The third kappa shape index (κ3) is 8.40. The van der Waals surface area contributed by atoms with E-state index < -0.39 is 0 Å². The van der Waals surface area contributed by atoms with Crippen molar-refractivity contribution in [2.24, 2.45) is 11.8 Å². The van der Waals surface area contributed by atoms with Crippen LogP contribution in [0.5, 0.6) is 0 Å². The largest absolute Gasteiger partial charge is 0.393 e. The Morgan fingerprint density at radius 3 is 2.70 bits per heavy atom. The van der Waals surface area contributed by atoms with Gasteiger partial charge in [-0.25, -0.2) is 0 Å². The van der Waals surface area contributed by atoms with Crippen molar-refractivity contribution in [3.8, 4) is 0 Å². The molecule has 0 aliphatic heterocycles. The number of Topliss-reactive ketones (excluding diaryl/α,β-unsaturated/α-hetero) is 1. The van der Waals surface area contributed by atoms with Crippen molar-refractivity contribution in [2.75, 3.05) is 0 Å². The number of carbonyl (C=O) groups is 1. The van der Waals surface area contributed by atoms with Crippen LogP contribution in [-0.2, 0) is 11.2 Å². The number of unbranched alkanes of at least 4 members (excludes halogenated alkanes) is 1. The molecule has 0 unspecified atom stereocenters. The first kappa shape index (κ1) is 21.8. The van der Waals surface area contributed by atoms with Crippen LogP contribution in [0.25, 0.3) is 0 Å². The highest BCUT2D eigenvalue weighted by Gasteiger charge is 2.33. The zero-order valence-corrected chi connectivity index (χ0v) is 16.7. The molecule has 1 fully saturated rings. The van der Waals surface area contributed by atoms with E-state index in [2.05, 4.69) is 24.3 Å². The van der Waals surface area contributed by atoms with Crippen LogP contribution in [0, 0.1) is 11.8 Å². The summed E-state index contributed by atoms with van der Waals surface area (Å²) in [5.74, 6) is 1.07. The molecule has 0 heterocycles. The van der Waals surface area contributed by atoms with Crippen LogP contribution in [0.1, 0.15) is 70.3 Å². The topological polar surface area (TPSA) is 57.5 Å². The number of aliphatic hydroxyl groups excluding tert-OH is 2. The fourth-order valence-electron chi connectivity index (χ4n) is 4.20. The van der Waals surface area contributed by atoms with Gasteiger partial charge in [0.25, 0.3) is 0 Å². The quantitative estimate of drug-likeness (QED) is 0.407. The molecule has 2 N–H and O–H groups in total. The van der Waals surface area contributed by atoms with E-state index in [-0.39, 0.29) is 18.0 Å². The van der Waals surface area contributed by atoms with E-state index in [0.717, 1.165) is 57.8 Å². The summed E-state index contributed by atoms with van der Waals surface area (Å²) in [4.78, 5) is 10.9. The molecule has 0 bridgehead atoms. The van der Waals surface area contributed by atoms with Gasteiger partial charge in [0.05, 0.1) is 12.2 Å². The number of benzene rings is 1. The first-order valence-electron chi connectivity index (χ1n) is 10.6. The van der Waals surface area contributed by atoms with Crippen molar-refractivity contribution in [1.29, 1.82) is 0 Å². The molecule has 2 rings (SSSR count). The Kier molecular flexibility index (Phi) is 9.79. The summed E-state index contributed by atoms with van der Waals surface area (Å²) in [6.07, 6.45) is 12.8. The lowest BCUT2D eigenvalue weighted by Crippen LogP contribution is -2.20. The van der Waals surface area contributed by atoms with Crippen molar-refractivity contribution in [1.82, 2.24) is 0 Å². The molecular formula is C24H36O3. The van der Waals surface area contributed by atoms with Crippen molar-refractivity contribution < 1.29 is 15.0 Å². The van der Waals surface area contributed by atoms with Crippen LogP contribution in [0.15, 0.2) is 42.5 Å². The molecule has 27 heavy (non-hydrogen) atoms. The standard InChI is InChI=1S/C24H36O3/c1-19(25)9-5-2-3-8-12-23-21(15-18-24(23)27)14-17-22(26)16-13-20-10-6-4-7-11-20/h3-4,6-8,10-11,21-24,26-27H,2,5,9,12-18H2,1H3/b8-3-/t21-,22-,23+,24-/m0/s1. The Morgan fingerprint density at radius 1 is 1.19 bits per heavy atom. The molecule has 3 heteroatoms. The molecule has 1 saturated carbocycles. The lowest BCUT2D eigenvalue weighted by molar-refractivity contribution is -0.117. The molecule has 3 nitrogen and oxygen atoms in total. The number of ketones is 1. The predicted molar refractivity (Wildman–Crippen MR) is 111 cm³/mol. The lowest BCUT2D eigenvalue weighted by Gasteiger charge is -2.22. The van der Waals surface area contributed by atoms with Gasteiger partial charge in [-0.2, -0.15) is 0 Å². The minimum Gasteiger partial charge on any atom is -0.393 e. The van der Waals surface area contributed by atoms with Gasteiger partial charge in [0.2, 0.25) is 0 Å². The normalized spacial score (nSPS) is 23.7. The molecule has 0 amide bonds. The van der Waals surface area contributed by atoms with Crippen molar-refractivity contribution >= 4 is 5.78 Å². The van der Waals surface area contributed by atoms with Crippen LogP contribution >= 0.6 is 0 Å². The van der Waals surface area contributed by atoms with Gasteiger partial charge in [-0.1, -0.05) is 42.5 Å². The Morgan fingerprint density at radius 2 is 1.96 bits per heavy atom. The highest BCUT2D eigenvalue weighted by atomic mass is 16.3. The van der Waals surface area contributed by atoms with Gasteiger partial charge in [0.15, 0.2) is 0 Å². The van der Waals surface area contributed by atoms with Gasteiger partial charge >= 0.3 is 0 Å². The molecule has 0 aromatic heterocycles. The van der Waals surface area contributed by atoms with Gasteiger partial charge in [-0.3, -0.25) is 0 Å². The fraction of sp³-hybridized carbons (Fsp3) is 0.625. The molecule has 1 aromatic carbocycles. The van der Waals surface area contributed by atoms with E-state index in [1.165, 1.54) is 5.56 Å². The average molecular weight is 373 g/mol. The number of aliphatic hydroxyl groups is 2. The van der Waals surface area contributed by atoms with Crippen LogP contribution < -0.4 is 0 Å². The predicted octanol–water partition coefficient (Wildman–Crippen LogP) is 4.85. The second-order valence-electron chi connectivity index (χ2n) is 8.13. The summed E-state index contributed by atoms with van der Waals surface area (Å²) in [5.41, 5.74) is 1.28. The molecule has 1 aliphatic rings. The second-order valence-corrected chi connectivity index (χ2v) is 8.13. The summed E-state index contributed by atoms with van der Waals surface area (Å²) >= 11 is 0. The Labute approximate surface area is 164 Å². The van der Waals surface area contributed by atoms with E-state index in [0.29, 0.717) is 18.3 Å². The molecule has 1 aliphatic carbocycles. The highest BCUT2D eigenvalue weighted by molar-refractivity contribution is 5.75. The molecular weight excluding hydrogens is 336 g/mol. The third-order valence-electron chi connectivity index (χ3n) is 5.89. The summed E-state index contributed by atoms with van der Waals surface area (Å²) < 4.78 is 0. The van der Waals surface area contributed by atoms with Crippen LogP contribution in [-0.4, -0.2) is 28.2 Å². The summed E-state index contributed by atoms with van der Waals surface area (Å²) in [6.45, 7) is 1.64. The van der Waals surface area contributed by atoms with E-state index in [9.17, 15) is 15.0 Å². The average Bonchev–Trinajstić information content (AvgIpc) is 3.01. The number of carbonyl (C=O) groups excluding carboxylic acids is 1. The van der Waals surface area contributed by atoms with E-state index in [1.54, 1.807) is 6.92 Å². The van der Waals surface area contributed by atoms with Crippen molar-refractivity contribution in [3.63, 3.8) is 0 Å². The maximum atomic E-state index is 10.9. The number of aryl methyl sites for hydroxylation is 1. The van der Waals surface area contributed by atoms with Crippen LogP contribution in [0.2, 0.25) is 0 Å². The Balaban J connectivity index is 1.67. The van der Waals surface area contributed by atoms with E-state index in [4.69, 9.17) is 0 Å². The Hall–Kier alpha value is -1.45. The first-order valence-corrected chi connectivity index (χ1v) is 10.6. The van der Waals surface area contributed by atoms with Gasteiger partial charge in [-0.05, 0) is 82.1 Å². The molecule has 150 valence electrons. The number of allylic oxidation sites excluding steroid dienone is 2. The van der Waals surface area contributed by atoms with E-state index >= 15 is 0 Å². The van der Waals surface area contributed by atoms with Crippen molar-refractivity contribution in [3.05, 3.63) is 48.0 Å². The number of hydrogen-bond donors (Lipinski definition) is 2. The molecule has 0 spiro atoms. The highest BCUT2D eigenvalue weighted by Crippen LogP contribution is 2.38. The Bertz CT molecular complexity index is 566. The van der Waals surface area contributed by atoms with E-state index in [1.807, 2.05) is 18.2 Å². The van der Waals surface area contributed by atoms with Crippen molar-refractivity contribution in [2.45, 2.75) is 83.3 Å². The van der Waals surface area contributed by atoms with Gasteiger partial charge < -0.3 is 15.0 Å². The lowest BCUT2D eigenvalue weighted by atomic mass is 9.86. The monoisotopic (exact) mass is 372 g/mol. The van der Waals surface area contributed by atoms with Gasteiger partial charge in [0, 0.05) is 6.42 Å². The maximum Gasteiger partial charge on any atom is 0.129 e.